The fraction of sp³-hybridized carbons (Fsp3) is 0.333. The van der Waals surface area contributed by atoms with Crippen molar-refractivity contribution in [1.82, 2.24) is 0 Å². The first kappa shape index (κ1) is 13.7. The third kappa shape index (κ3) is 3.60. The zero-order chi connectivity index (χ0) is 13.9. The highest BCUT2D eigenvalue weighted by Crippen LogP contribution is 2.29. The van der Waals surface area contributed by atoms with Gasteiger partial charge in [0, 0.05) is 12.2 Å². The predicted molar refractivity (Wildman–Crippen MR) is 83.6 cm³/mol. The van der Waals surface area contributed by atoms with Gasteiger partial charge >= 0.3 is 0 Å². The number of nitrogens with one attached hydrogen (secondary N) is 1. The minimum absolute atomic E-state index is 0.164. The lowest BCUT2D eigenvalue weighted by Gasteiger charge is -2.23. The van der Waals surface area contributed by atoms with Gasteiger partial charge in [-0.3, -0.25) is 0 Å². The Labute approximate surface area is 116 Å². The molecular weight excluding hydrogens is 230 g/mol. The van der Waals surface area contributed by atoms with Crippen LogP contribution in [0, 0.1) is 6.92 Å². The zero-order valence-electron chi connectivity index (χ0n) is 12.3. The summed E-state index contributed by atoms with van der Waals surface area (Å²) in [6.45, 7) is 9.73. The van der Waals surface area contributed by atoms with Gasteiger partial charge in [-0.2, -0.15) is 0 Å². The van der Waals surface area contributed by atoms with Crippen LogP contribution in [-0.2, 0) is 12.0 Å². The molecule has 100 valence electrons. The first-order valence-corrected chi connectivity index (χ1v) is 6.86. The van der Waals surface area contributed by atoms with Gasteiger partial charge in [0.1, 0.15) is 0 Å². The van der Waals surface area contributed by atoms with E-state index in [2.05, 4.69) is 81.5 Å². The van der Waals surface area contributed by atoms with E-state index in [4.69, 9.17) is 0 Å². The van der Waals surface area contributed by atoms with E-state index in [1.54, 1.807) is 0 Å². The summed E-state index contributed by atoms with van der Waals surface area (Å²) in [4.78, 5) is 0. The first-order chi connectivity index (χ1) is 8.97. The topological polar surface area (TPSA) is 12.0 Å². The lowest BCUT2D eigenvalue weighted by molar-refractivity contribution is 0.591. The van der Waals surface area contributed by atoms with Crippen LogP contribution in [0.25, 0.3) is 0 Å². The standard InChI is InChI=1S/C18H23N/c1-14-9-11-15(12-10-14)13-19-17-8-6-5-7-16(17)18(2,3)4/h5-12,19H,13H2,1-4H3. The van der Waals surface area contributed by atoms with E-state index in [-0.39, 0.29) is 5.41 Å². The number of hydrogen-bond acceptors (Lipinski definition) is 1. The van der Waals surface area contributed by atoms with E-state index in [9.17, 15) is 0 Å². The van der Waals surface area contributed by atoms with Crippen molar-refractivity contribution in [3.05, 3.63) is 65.2 Å². The summed E-state index contributed by atoms with van der Waals surface area (Å²) in [6.07, 6.45) is 0. The van der Waals surface area contributed by atoms with Crippen molar-refractivity contribution >= 4 is 5.69 Å². The number of para-hydroxylation sites is 1. The largest absolute Gasteiger partial charge is 0.381 e. The maximum Gasteiger partial charge on any atom is 0.0400 e. The Kier molecular flexibility index (Phi) is 3.94. The number of hydrogen-bond donors (Lipinski definition) is 1. The Morgan fingerprint density at radius 3 is 2.16 bits per heavy atom. The highest BCUT2D eigenvalue weighted by Gasteiger charge is 2.16. The summed E-state index contributed by atoms with van der Waals surface area (Å²) < 4.78 is 0. The Hall–Kier alpha value is -1.76. The molecular formula is C18H23N. The number of aryl methyl sites for hydroxylation is 1. The smallest absolute Gasteiger partial charge is 0.0400 e. The SMILES string of the molecule is Cc1ccc(CNc2ccccc2C(C)(C)C)cc1. The summed E-state index contributed by atoms with van der Waals surface area (Å²) in [7, 11) is 0. The Morgan fingerprint density at radius 2 is 1.53 bits per heavy atom. The van der Waals surface area contributed by atoms with E-state index in [0.29, 0.717) is 0 Å². The van der Waals surface area contributed by atoms with Gasteiger partial charge in [0.15, 0.2) is 0 Å². The van der Waals surface area contributed by atoms with Gasteiger partial charge in [0.25, 0.3) is 0 Å². The van der Waals surface area contributed by atoms with Gasteiger partial charge in [0.05, 0.1) is 0 Å². The molecule has 1 N–H and O–H groups in total. The van der Waals surface area contributed by atoms with Crippen molar-refractivity contribution in [1.29, 1.82) is 0 Å². The average molecular weight is 253 g/mol. The van der Waals surface area contributed by atoms with Crippen LogP contribution in [-0.4, -0.2) is 0 Å². The normalized spacial score (nSPS) is 11.4. The summed E-state index contributed by atoms with van der Waals surface area (Å²) in [5.74, 6) is 0. The van der Waals surface area contributed by atoms with Crippen molar-refractivity contribution in [2.75, 3.05) is 5.32 Å². The van der Waals surface area contributed by atoms with E-state index >= 15 is 0 Å². The van der Waals surface area contributed by atoms with Gasteiger partial charge in [-0.05, 0) is 29.5 Å². The quantitative estimate of drug-likeness (QED) is 0.820. The number of rotatable bonds is 3. The molecule has 0 aliphatic carbocycles. The molecule has 1 nitrogen and oxygen atoms in total. The molecule has 0 fully saturated rings. The van der Waals surface area contributed by atoms with Gasteiger partial charge in [-0.25, -0.2) is 0 Å². The summed E-state index contributed by atoms with van der Waals surface area (Å²) in [6, 6.07) is 17.3. The molecule has 0 unspecified atom stereocenters. The van der Waals surface area contributed by atoms with Crippen LogP contribution in [0.1, 0.15) is 37.5 Å². The molecule has 2 aromatic rings. The molecule has 0 aromatic heterocycles. The monoisotopic (exact) mass is 253 g/mol. The first-order valence-electron chi connectivity index (χ1n) is 6.86. The van der Waals surface area contributed by atoms with Crippen LogP contribution in [0.15, 0.2) is 48.5 Å². The summed E-state index contributed by atoms with van der Waals surface area (Å²) in [5.41, 5.74) is 5.38. The van der Waals surface area contributed by atoms with Gasteiger partial charge in [0.2, 0.25) is 0 Å². The maximum absolute atomic E-state index is 3.56. The highest BCUT2D eigenvalue weighted by atomic mass is 14.9. The van der Waals surface area contributed by atoms with Gasteiger partial charge < -0.3 is 5.32 Å². The Bertz CT molecular complexity index is 532. The van der Waals surface area contributed by atoms with Crippen molar-refractivity contribution in [3.8, 4) is 0 Å². The van der Waals surface area contributed by atoms with Crippen LogP contribution in [0.3, 0.4) is 0 Å². The van der Waals surface area contributed by atoms with Crippen molar-refractivity contribution in [2.24, 2.45) is 0 Å². The number of benzene rings is 2. The third-order valence-corrected chi connectivity index (χ3v) is 3.34. The minimum Gasteiger partial charge on any atom is -0.381 e. The molecule has 2 rings (SSSR count). The number of anilines is 1. The molecule has 0 aliphatic heterocycles. The lowest BCUT2D eigenvalue weighted by atomic mass is 9.86. The average Bonchev–Trinajstić information content (AvgIpc) is 2.37. The molecule has 0 saturated carbocycles. The van der Waals surface area contributed by atoms with Crippen LogP contribution in [0.2, 0.25) is 0 Å². The molecule has 0 bridgehead atoms. The zero-order valence-corrected chi connectivity index (χ0v) is 12.3. The Morgan fingerprint density at radius 1 is 0.895 bits per heavy atom. The molecule has 2 aromatic carbocycles. The molecule has 0 atom stereocenters. The summed E-state index contributed by atoms with van der Waals surface area (Å²) in [5, 5.41) is 3.56. The van der Waals surface area contributed by atoms with Gasteiger partial charge in [-0.15, -0.1) is 0 Å². The second kappa shape index (κ2) is 5.48. The molecule has 0 aliphatic rings. The molecule has 0 heterocycles. The van der Waals surface area contributed by atoms with Crippen molar-refractivity contribution in [3.63, 3.8) is 0 Å². The van der Waals surface area contributed by atoms with Crippen molar-refractivity contribution in [2.45, 2.75) is 39.7 Å². The predicted octanol–water partition coefficient (Wildman–Crippen LogP) is 4.90. The fourth-order valence-electron chi connectivity index (χ4n) is 2.19. The highest BCUT2D eigenvalue weighted by molar-refractivity contribution is 5.54. The second-order valence-electron chi connectivity index (χ2n) is 6.13. The van der Waals surface area contributed by atoms with E-state index in [0.717, 1.165) is 6.54 Å². The Balaban J connectivity index is 2.14. The molecule has 0 radical (unpaired) electrons. The van der Waals surface area contributed by atoms with Gasteiger partial charge in [-0.1, -0.05) is 68.8 Å². The summed E-state index contributed by atoms with van der Waals surface area (Å²) >= 11 is 0. The van der Waals surface area contributed by atoms with Crippen molar-refractivity contribution < 1.29 is 0 Å². The third-order valence-electron chi connectivity index (χ3n) is 3.34. The minimum atomic E-state index is 0.164. The molecule has 19 heavy (non-hydrogen) atoms. The van der Waals surface area contributed by atoms with Crippen LogP contribution < -0.4 is 5.32 Å². The maximum atomic E-state index is 3.56. The van der Waals surface area contributed by atoms with E-state index in [1.165, 1.54) is 22.4 Å². The second-order valence-corrected chi connectivity index (χ2v) is 6.13. The van der Waals surface area contributed by atoms with Crippen LogP contribution in [0.4, 0.5) is 5.69 Å². The molecule has 0 spiro atoms. The molecule has 0 amide bonds. The van der Waals surface area contributed by atoms with E-state index in [1.807, 2.05) is 0 Å². The van der Waals surface area contributed by atoms with Crippen LogP contribution in [0.5, 0.6) is 0 Å². The molecule has 1 heteroatoms. The van der Waals surface area contributed by atoms with E-state index < -0.39 is 0 Å². The van der Waals surface area contributed by atoms with Crippen LogP contribution >= 0.6 is 0 Å². The molecule has 0 saturated heterocycles. The lowest BCUT2D eigenvalue weighted by Crippen LogP contribution is -2.14. The fourth-order valence-corrected chi connectivity index (χ4v) is 2.19.